The summed E-state index contributed by atoms with van der Waals surface area (Å²) in [7, 11) is 0. The van der Waals surface area contributed by atoms with Gasteiger partial charge in [0.1, 0.15) is 11.2 Å². The average Bonchev–Trinajstić information content (AvgIpc) is 2.85. The number of esters is 2. The van der Waals surface area contributed by atoms with Gasteiger partial charge in [-0.2, -0.15) is 0 Å². The van der Waals surface area contributed by atoms with Gasteiger partial charge in [-0.3, -0.25) is 0 Å². The number of aliphatic hydroxyl groups excluding tert-OH is 2. The summed E-state index contributed by atoms with van der Waals surface area (Å²) in [5.74, 6) is 0.00663. The smallest absolute Gasteiger partial charge is 0.338 e. The van der Waals surface area contributed by atoms with Crippen molar-refractivity contribution in [1.82, 2.24) is 0 Å². The quantitative estimate of drug-likeness (QED) is 0.189. The monoisotopic (exact) mass is 598 g/mol. The molecule has 2 N–H and O–H groups in total. The van der Waals surface area contributed by atoms with E-state index < -0.39 is 22.4 Å². The molecule has 0 radical (unpaired) electrons. The molecule has 2 unspecified atom stereocenters. The van der Waals surface area contributed by atoms with Crippen molar-refractivity contribution < 1.29 is 38.7 Å². The largest absolute Gasteiger partial charge is 0.458 e. The van der Waals surface area contributed by atoms with Crippen LogP contribution in [0.1, 0.15) is 133 Å². The Morgan fingerprint density at radius 3 is 1.50 bits per heavy atom. The molecule has 2 saturated carbocycles. The van der Waals surface area contributed by atoms with E-state index in [1.165, 1.54) is 0 Å². The first-order valence-electron chi connectivity index (χ1n) is 16.0. The molecule has 0 aromatic carbocycles. The van der Waals surface area contributed by atoms with Crippen LogP contribution < -0.4 is 0 Å². The Kier molecular flexibility index (Phi) is 15.7. The Morgan fingerprint density at radius 2 is 1.14 bits per heavy atom. The second-order valence-electron chi connectivity index (χ2n) is 14.7. The van der Waals surface area contributed by atoms with E-state index in [1.807, 2.05) is 55.4 Å². The fourth-order valence-corrected chi connectivity index (χ4v) is 5.39. The van der Waals surface area contributed by atoms with E-state index in [0.29, 0.717) is 37.9 Å². The molecule has 2 fully saturated rings. The maximum Gasteiger partial charge on any atom is 0.338 e. The molecule has 0 spiro atoms. The third kappa shape index (κ3) is 14.8. The molecule has 0 saturated heterocycles. The van der Waals surface area contributed by atoms with E-state index in [0.717, 1.165) is 57.8 Å². The first-order valence-corrected chi connectivity index (χ1v) is 16.0. The molecule has 0 aromatic rings. The summed E-state index contributed by atoms with van der Waals surface area (Å²) in [4.78, 5) is 24.8. The zero-order chi connectivity index (χ0) is 32.2. The second kappa shape index (κ2) is 17.1. The SMILES string of the molecule is C=CCC(C)(OC[C@@H]1CCC[C@H](O)C1)C(=O)OC(C)(C)C.CCCC(C)(OC[C@@H]1CCC[C@H](O)C1)C(=O)OC(C)(C)C. The minimum atomic E-state index is -1.00. The topological polar surface area (TPSA) is 112 Å². The Hall–Kier alpha value is -1.48. The van der Waals surface area contributed by atoms with Gasteiger partial charge < -0.3 is 29.2 Å². The van der Waals surface area contributed by atoms with Crippen LogP contribution in [0.5, 0.6) is 0 Å². The Labute approximate surface area is 255 Å². The van der Waals surface area contributed by atoms with Crippen molar-refractivity contribution in [3.63, 3.8) is 0 Å². The Bertz CT molecular complexity index is 828. The van der Waals surface area contributed by atoms with Gasteiger partial charge >= 0.3 is 11.9 Å². The van der Waals surface area contributed by atoms with Crippen LogP contribution in [0.25, 0.3) is 0 Å². The van der Waals surface area contributed by atoms with E-state index in [-0.39, 0.29) is 24.1 Å². The molecule has 246 valence electrons. The van der Waals surface area contributed by atoms with Crippen molar-refractivity contribution in [3.05, 3.63) is 12.7 Å². The predicted octanol–water partition coefficient (Wildman–Crippen LogP) is 6.69. The van der Waals surface area contributed by atoms with E-state index in [9.17, 15) is 19.8 Å². The molecule has 0 bridgehead atoms. The molecule has 6 atom stereocenters. The van der Waals surface area contributed by atoms with Gasteiger partial charge in [-0.15, -0.1) is 6.58 Å². The highest BCUT2D eigenvalue weighted by Gasteiger charge is 2.39. The summed E-state index contributed by atoms with van der Waals surface area (Å²) in [6.07, 6.45) is 10.6. The molecule has 0 heterocycles. The van der Waals surface area contributed by atoms with Crippen LogP contribution in [0.3, 0.4) is 0 Å². The highest BCUT2D eigenvalue weighted by Crippen LogP contribution is 2.30. The number of carbonyl (C=O) groups excluding carboxylic acids is 2. The lowest BCUT2D eigenvalue weighted by Gasteiger charge is -2.34. The average molecular weight is 599 g/mol. The standard InChI is InChI=1S/C17H32O4.C17H30O4/c2*1-6-10-17(5,15(19)21-16(2,3)4)20-12-13-8-7-9-14(18)11-13/h13-14,18H,6-12H2,1-5H3;6,13-14,18H,1,7-12H2,2-5H3/t2*13-,14+,17?/m11/s1. The summed E-state index contributed by atoms with van der Waals surface area (Å²) in [5.41, 5.74) is -2.93. The van der Waals surface area contributed by atoms with Crippen molar-refractivity contribution in [1.29, 1.82) is 0 Å². The van der Waals surface area contributed by atoms with Gasteiger partial charge in [-0.25, -0.2) is 9.59 Å². The van der Waals surface area contributed by atoms with Gasteiger partial charge in [0.15, 0.2) is 11.2 Å². The molecule has 0 aliphatic heterocycles. The third-order valence-electron chi connectivity index (χ3n) is 7.71. The number of ether oxygens (including phenoxy) is 4. The second-order valence-corrected chi connectivity index (χ2v) is 14.7. The first-order chi connectivity index (χ1) is 19.3. The van der Waals surface area contributed by atoms with Gasteiger partial charge in [0.2, 0.25) is 0 Å². The van der Waals surface area contributed by atoms with E-state index in [1.54, 1.807) is 13.0 Å². The van der Waals surface area contributed by atoms with E-state index in [2.05, 4.69) is 6.58 Å². The summed E-state index contributed by atoms with van der Waals surface area (Å²) in [5, 5.41) is 19.4. The Balaban J connectivity index is 0.000000420. The van der Waals surface area contributed by atoms with E-state index in [4.69, 9.17) is 18.9 Å². The van der Waals surface area contributed by atoms with E-state index >= 15 is 0 Å². The highest BCUT2D eigenvalue weighted by atomic mass is 16.6. The van der Waals surface area contributed by atoms with Gasteiger partial charge in [0.05, 0.1) is 25.4 Å². The summed E-state index contributed by atoms with van der Waals surface area (Å²) in [6, 6.07) is 0. The van der Waals surface area contributed by atoms with Crippen LogP contribution >= 0.6 is 0 Å². The number of rotatable bonds is 12. The molecular weight excluding hydrogens is 536 g/mol. The molecule has 2 aliphatic rings. The lowest BCUT2D eigenvalue weighted by Crippen LogP contribution is -2.44. The van der Waals surface area contributed by atoms with Crippen LogP contribution in [0.15, 0.2) is 12.7 Å². The maximum atomic E-state index is 12.4. The minimum Gasteiger partial charge on any atom is -0.458 e. The van der Waals surface area contributed by atoms with Crippen molar-refractivity contribution in [2.75, 3.05) is 13.2 Å². The van der Waals surface area contributed by atoms with Gasteiger partial charge in [0, 0.05) is 6.42 Å². The molecule has 2 aliphatic carbocycles. The summed E-state index contributed by atoms with van der Waals surface area (Å²) < 4.78 is 22.8. The van der Waals surface area contributed by atoms with Gasteiger partial charge in [-0.1, -0.05) is 32.3 Å². The molecule has 8 nitrogen and oxygen atoms in total. The van der Waals surface area contributed by atoms with Crippen molar-refractivity contribution >= 4 is 11.9 Å². The lowest BCUT2D eigenvalue weighted by molar-refractivity contribution is -0.185. The molecule has 0 amide bonds. The highest BCUT2D eigenvalue weighted by molar-refractivity contribution is 5.80. The summed E-state index contributed by atoms with van der Waals surface area (Å²) >= 11 is 0. The molecule has 2 rings (SSSR count). The zero-order valence-electron chi connectivity index (χ0n) is 28.1. The Morgan fingerprint density at radius 1 is 0.738 bits per heavy atom. The van der Waals surface area contributed by atoms with Crippen LogP contribution in [0, 0.1) is 11.8 Å². The normalized spacial score (nSPS) is 26.1. The molecule has 0 aromatic heterocycles. The van der Waals surface area contributed by atoms with Gasteiger partial charge in [-0.05, 0) is 112 Å². The van der Waals surface area contributed by atoms with Crippen LogP contribution in [0.4, 0.5) is 0 Å². The first kappa shape index (κ1) is 38.5. The fourth-order valence-electron chi connectivity index (χ4n) is 5.39. The molecule has 8 heteroatoms. The van der Waals surface area contributed by atoms with Crippen molar-refractivity contribution in [2.45, 2.75) is 168 Å². The van der Waals surface area contributed by atoms with Crippen molar-refractivity contribution in [2.24, 2.45) is 11.8 Å². The van der Waals surface area contributed by atoms with Crippen molar-refractivity contribution in [3.8, 4) is 0 Å². The number of carbonyl (C=O) groups is 2. The number of aliphatic hydroxyl groups is 2. The van der Waals surface area contributed by atoms with Crippen LogP contribution in [0.2, 0.25) is 0 Å². The third-order valence-corrected chi connectivity index (χ3v) is 7.71. The minimum absolute atomic E-state index is 0.216. The molecule has 42 heavy (non-hydrogen) atoms. The fraction of sp³-hybridized carbons (Fsp3) is 0.882. The number of hydrogen-bond donors (Lipinski definition) is 2. The maximum absolute atomic E-state index is 12.4. The predicted molar refractivity (Wildman–Crippen MR) is 166 cm³/mol. The van der Waals surface area contributed by atoms with Crippen LogP contribution in [-0.4, -0.2) is 70.0 Å². The number of hydrogen-bond acceptors (Lipinski definition) is 8. The summed E-state index contributed by atoms with van der Waals surface area (Å²) in [6.45, 7) is 21.5. The molecular formula is C34H62O8. The van der Waals surface area contributed by atoms with Gasteiger partial charge in [0.25, 0.3) is 0 Å². The lowest BCUT2D eigenvalue weighted by atomic mass is 9.87. The van der Waals surface area contributed by atoms with Crippen LogP contribution in [-0.2, 0) is 28.5 Å². The zero-order valence-corrected chi connectivity index (χ0v) is 28.1.